The van der Waals surface area contributed by atoms with Crippen LogP contribution in [0.15, 0.2) is 25.3 Å². The molecule has 0 amide bonds. The molecule has 9 atom stereocenters. The number of aliphatic carboxylic acids is 1. The minimum atomic E-state index is -0.808. The summed E-state index contributed by atoms with van der Waals surface area (Å²) >= 11 is 0. The van der Waals surface area contributed by atoms with Gasteiger partial charge in [-0.3, -0.25) is 14.4 Å². The molecule has 5 aliphatic carbocycles. The fourth-order valence-corrected chi connectivity index (χ4v) is 11.5. The van der Waals surface area contributed by atoms with Crippen LogP contribution in [-0.4, -0.2) is 22.8 Å². The summed E-state index contributed by atoms with van der Waals surface area (Å²) in [6.07, 6.45) is 9.37. The molecule has 1 N–H and O–H groups in total. The van der Waals surface area contributed by atoms with Gasteiger partial charge in [-0.2, -0.15) is 0 Å². The monoisotopic (exact) mass is 610 g/mol. The number of rotatable bonds is 4. The molecular formula is C36H50O8. The first-order chi connectivity index (χ1) is 20.3. The Labute approximate surface area is 260 Å². The first kappa shape index (κ1) is 31.3. The summed E-state index contributed by atoms with van der Waals surface area (Å²) in [6, 6.07) is 0. The molecular weight excluding hydrogens is 560 g/mol. The Hall–Kier alpha value is -2.64. The molecule has 0 radical (unpaired) electrons. The number of carboxylic acids is 1. The summed E-state index contributed by atoms with van der Waals surface area (Å²) in [5.41, 5.74) is -0.672. The number of carbonyl (C=O) groups is 3. The molecule has 242 valence electrons. The van der Waals surface area contributed by atoms with Gasteiger partial charge in [0.25, 0.3) is 0 Å². The van der Waals surface area contributed by atoms with E-state index in [0.717, 1.165) is 38.5 Å². The highest BCUT2D eigenvalue weighted by molar-refractivity contribution is 5.95. The minimum Gasteiger partial charge on any atom is -0.481 e. The topological polar surface area (TPSA) is 124 Å². The number of hydrogen-bond acceptors (Lipinski definition) is 7. The Bertz CT molecular complexity index is 1490. The third-order valence-electron chi connectivity index (χ3n) is 14.6. The lowest BCUT2D eigenvalue weighted by Gasteiger charge is -2.70. The van der Waals surface area contributed by atoms with Gasteiger partial charge in [-0.1, -0.05) is 47.1 Å². The molecule has 44 heavy (non-hydrogen) atoms. The van der Waals surface area contributed by atoms with Crippen LogP contribution in [0.4, 0.5) is 0 Å². The minimum absolute atomic E-state index is 0.0167. The predicted octanol–water partition coefficient (Wildman–Crippen LogP) is 7.27. The maximum Gasteiger partial charge on any atom is 0.519 e. The van der Waals surface area contributed by atoms with Gasteiger partial charge in [-0.25, -0.2) is 4.79 Å². The smallest absolute Gasteiger partial charge is 0.481 e. The quantitative estimate of drug-likeness (QED) is 0.353. The van der Waals surface area contributed by atoms with Gasteiger partial charge in [0.1, 0.15) is 0 Å². The molecule has 1 aromatic heterocycles. The maximum atomic E-state index is 14.6. The van der Waals surface area contributed by atoms with Crippen LogP contribution in [-0.2, 0) is 25.7 Å². The molecule has 6 rings (SSSR count). The number of esters is 1. The average Bonchev–Trinajstić information content (AvgIpc) is 3.25. The molecule has 0 aromatic carbocycles. The van der Waals surface area contributed by atoms with E-state index >= 15 is 0 Å². The molecule has 1 aromatic rings. The Morgan fingerprint density at radius 1 is 0.932 bits per heavy atom. The van der Waals surface area contributed by atoms with E-state index in [0.29, 0.717) is 25.0 Å². The van der Waals surface area contributed by atoms with Crippen molar-refractivity contribution < 1.29 is 33.1 Å². The van der Waals surface area contributed by atoms with E-state index < -0.39 is 22.6 Å². The number of ketones is 1. The number of hydrogen-bond donors (Lipinski definition) is 1. The molecule has 4 saturated carbocycles. The maximum absolute atomic E-state index is 14.6. The lowest BCUT2D eigenvalue weighted by Crippen LogP contribution is -2.66. The van der Waals surface area contributed by atoms with Gasteiger partial charge in [0, 0.05) is 5.92 Å². The summed E-state index contributed by atoms with van der Waals surface area (Å²) in [7, 11) is 0. The summed E-state index contributed by atoms with van der Waals surface area (Å²) in [5.74, 6) is -1.37. The molecule has 8 heteroatoms. The second kappa shape index (κ2) is 9.68. The third kappa shape index (κ3) is 4.13. The number of aryl methyl sites for hydroxylation is 1. The molecule has 1 heterocycles. The van der Waals surface area contributed by atoms with Gasteiger partial charge in [-0.05, 0) is 117 Å². The fourth-order valence-electron chi connectivity index (χ4n) is 11.5. The van der Waals surface area contributed by atoms with Crippen LogP contribution in [0.25, 0.3) is 0 Å². The molecule has 5 aliphatic rings. The lowest BCUT2D eigenvalue weighted by atomic mass is 9.33. The number of fused-ring (bicyclic) bond motifs is 7. The van der Waals surface area contributed by atoms with Crippen molar-refractivity contribution in [2.75, 3.05) is 0 Å². The van der Waals surface area contributed by atoms with E-state index in [9.17, 15) is 24.3 Å². The van der Waals surface area contributed by atoms with Gasteiger partial charge in [0.15, 0.2) is 23.9 Å². The van der Waals surface area contributed by atoms with Crippen LogP contribution in [0.5, 0.6) is 0 Å². The van der Waals surface area contributed by atoms with Crippen LogP contribution in [0.3, 0.4) is 0 Å². The van der Waals surface area contributed by atoms with E-state index in [2.05, 4.69) is 41.5 Å². The predicted molar refractivity (Wildman–Crippen MR) is 162 cm³/mol. The van der Waals surface area contributed by atoms with Crippen LogP contribution in [0.1, 0.15) is 118 Å². The molecule has 0 bridgehead atoms. The van der Waals surface area contributed by atoms with Gasteiger partial charge in [0.05, 0.1) is 11.3 Å². The zero-order chi connectivity index (χ0) is 32.3. The Kier molecular flexibility index (Phi) is 6.90. The fraction of sp³-hybridized carbons (Fsp3) is 0.778. The van der Waals surface area contributed by atoms with Gasteiger partial charge in [0.2, 0.25) is 0 Å². The van der Waals surface area contributed by atoms with E-state index in [4.69, 9.17) is 13.6 Å². The second-order valence-electron chi connectivity index (χ2n) is 17.0. The molecule has 0 aliphatic heterocycles. The zero-order valence-corrected chi connectivity index (χ0v) is 27.8. The van der Waals surface area contributed by atoms with Crippen molar-refractivity contribution >= 4 is 17.7 Å². The number of ether oxygens (including phenoxy) is 1. The number of allylic oxidation sites excluding steroid dienone is 2. The highest BCUT2D eigenvalue weighted by atomic mass is 16.6. The van der Waals surface area contributed by atoms with E-state index in [1.165, 1.54) is 5.57 Å². The molecule has 9 unspecified atom stereocenters. The van der Waals surface area contributed by atoms with Gasteiger partial charge < -0.3 is 18.7 Å². The van der Waals surface area contributed by atoms with Crippen molar-refractivity contribution in [1.82, 2.24) is 0 Å². The van der Waals surface area contributed by atoms with Crippen LogP contribution in [0.2, 0.25) is 0 Å². The Balaban J connectivity index is 1.31. The lowest BCUT2D eigenvalue weighted by molar-refractivity contribution is -0.200. The summed E-state index contributed by atoms with van der Waals surface area (Å²) < 4.78 is 15.6. The normalized spacial score (nSPS) is 44.4. The molecule has 8 nitrogen and oxygen atoms in total. The SMILES string of the molecule is Cc1oc(=O)oc1COC(=O)C1CCC2(C)C(CCC3(C)C2C(=O)C=C2C4CC(C)(C(=O)O)CCC4(C)CCC23C)C1(C)C. The summed E-state index contributed by atoms with van der Waals surface area (Å²) in [6.45, 7) is 17.0. The Morgan fingerprint density at radius 3 is 2.25 bits per heavy atom. The molecule has 0 spiro atoms. The van der Waals surface area contributed by atoms with Crippen LogP contribution < -0.4 is 5.82 Å². The van der Waals surface area contributed by atoms with Crippen molar-refractivity contribution in [3.63, 3.8) is 0 Å². The van der Waals surface area contributed by atoms with Crippen molar-refractivity contribution in [2.24, 2.45) is 56.2 Å². The van der Waals surface area contributed by atoms with E-state index in [1.807, 2.05) is 13.0 Å². The largest absolute Gasteiger partial charge is 0.519 e. The average molecular weight is 611 g/mol. The van der Waals surface area contributed by atoms with Crippen molar-refractivity contribution in [3.8, 4) is 0 Å². The third-order valence-corrected chi connectivity index (χ3v) is 14.6. The number of carbonyl (C=O) groups excluding carboxylic acids is 2. The second-order valence-corrected chi connectivity index (χ2v) is 17.0. The highest BCUT2D eigenvalue weighted by Gasteiger charge is 2.70. The Morgan fingerprint density at radius 2 is 1.61 bits per heavy atom. The summed E-state index contributed by atoms with van der Waals surface area (Å²) in [4.78, 5) is 51.9. The van der Waals surface area contributed by atoms with Crippen molar-refractivity contribution in [1.29, 1.82) is 0 Å². The van der Waals surface area contributed by atoms with Gasteiger partial charge >= 0.3 is 17.8 Å². The first-order valence-corrected chi connectivity index (χ1v) is 16.6. The molecule has 4 fully saturated rings. The number of carboxylic acid groups (broad SMARTS) is 1. The van der Waals surface area contributed by atoms with Crippen LogP contribution in [0, 0.1) is 63.1 Å². The standard InChI is InChI=1S/C36H50O8/c1-20-25(44-30(41)43-20)19-42-28(38)21-9-11-34(6)26(31(21,2)3)10-12-36(8)27(34)24(37)17-22-23-18-33(5,29(39)40)14-13-32(23,4)15-16-35(22,36)7/h17,21,23,26-27H,9-16,18-19H2,1-8H3,(H,39,40). The van der Waals surface area contributed by atoms with Crippen molar-refractivity contribution in [2.45, 2.75) is 120 Å². The van der Waals surface area contributed by atoms with E-state index in [-0.39, 0.29) is 69.5 Å². The van der Waals surface area contributed by atoms with Crippen LogP contribution >= 0.6 is 0 Å². The zero-order valence-electron chi connectivity index (χ0n) is 27.8. The summed E-state index contributed by atoms with van der Waals surface area (Å²) in [5, 5.41) is 10.2. The van der Waals surface area contributed by atoms with Gasteiger partial charge in [-0.15, -0.1) is 0 Å². The van der Waals surface area contributed by atoms with Crippen molar-refractivity contribution in [3.05, 3.63) is 33.8 Å². The van der Waals surface area contributed by atoms with E-state index in [1.54, 1.807) is 6.92 Å². The highest BCUT2D eigenvalue weighted by Crippen LogP contribution is 2.75. The first-order valence-electron chi connectivity index (χ1n) is 16.6. The molecule has 0 saturated heterocycles.